The fourth-order valence-corrected chi connectivity index (χ4v) is 8.54. The van der Waals surface area contributed by atoms with Crippen LogP contribution in [0.3, 0.4) is 0 Å². The van der Waals surface area contributed by atoms with Gasteiger partial charge in [0.15, 0.2) is 25.2 Å². The number of aliphatic hydroxyl groups excluding tert-OH is 16. The Hall–Kier alpha value is -2.59. The molecule has 0 aromatic rings. The molecule has 19 N–H and O–H groups in total. The highest BCUT2D eigenvalue weighted by atomic mass is 16.8. The monoisotopic (exact) mass is 998 g/mol. The number of carboxylic acid groups (broad SMARTS) is 1. The SMILES string of the molecule is CC(=O)N[C@H]1[C@H](O[C@H]2[C@@H](O)[C@@H](CO)O[C@@H](O[C@H]3[C@H](O)[C@@H](O)[C@@H](O)O[C@@H]3CO)[C@@H]2O)O[C@H](CO)[C@@H](O[C@@H]2O[C@H](CO)[C@H](O)[C@H](O[C@]3(C(=O)O)C[C@@H](O)[C@@H](NC(C)=O)[C@H]([C@H](O)[C@H](O)CO)O3)[C@H]2O)[C@@H]1O. The van der Waals surface area contributed by atoms with Crippen molar-refractivity contribution in [3.05, 3.63) is 0 Å². The van der Waals surface area contributed by atoms with E-state index in [2.05, 4.69) is 10.6 Å². The van der Waals surface area contributed by atoms with Crippen molar-refractivity contribution < 1.29 is 144 Å². The molecule has 5 aliphatic rings. The van der Waals surface area contributed by atoms with Crippen LogP contribution in [0, 0.1) is 0 Å². The van der Waals surface area contributed by atoms with Crippen LogP contribution >= 0.6 is 0 Å². The van der Waals surface area contributed by atoms with Crippen molar-refractivity contribution in [1.29, 1.82) is 0 Å². The number of rotatable bonds is 18. The molecule has 0 radical (unpaired) electrons. The Kier molecular flexibility index (Phi) is 19.7. The van der Waals surface area contributed by atoms with Crippen molar-refractivity contribution in [2.75, 3.05) is 33.0 Å². The van der Waals surface area contributed by atoms with Gasteiger partial charge < -0.3 is 140 Å². The first-order valence-electron chi connectivity index (χ1n) is 21.2. The average molecular weight is 999 g/mol. The summed E-state index contributed by atoms with van der Waals surface area (Å²) >= 11 is 0. The number of nitrogens with one attached hydrogen (secondary N) is 2. The summed E-state index contributed by atoms with van der Waals surface area (Å²) < 4.78 is 50.5. The number of carbonyl (C=O) groups is 3. The number of aliphatic carboxylic acids is 1. The molecule has 0 unspecified atom stereocenters. The van der Waals surface area contributed by atoms with Gasteiger partial charge in [0.2, 0.25) is 11.8 Å². The first kappa shape index (κ1) is 56.3. The molecular formula is C37H62N2O29. The second-order valence-electron chi connectivity index (χ2n) is 16.8. The third kappa shape index (κ3) is 11.8. The van der Waals surface area contributed by atoms with Gasteiger partial charge >= 0.3 is 5.97 Å². The van der Waals surface area contributed by atoms with Crippen molar-refractivity contribution in [3.63, 3.8) is 0 Å². The second-order valence-corrected chi connectivity index (χ2v) is 16.8. The van der Waals surface area contributed by atoms with Gasteiger partial charge in [0.25, 0.3) is 5.79 Å². The van der Waals surface area contributed by atoms with Crippen molar-refractivity contribution in [2.24, 2.45) is 0 Å². The molecule has 0 bridgehead atoms. The van der Waals surface area contributed by atoms with Crippen LogP contribution in [0.15, 0.2) is 0 Å². The van der Waals surface area contributed by atoms with Crippen molar-refractivity contribution in [1.82, 2.24) is 10.6 Å². The highest BCUT2D eigenvalue weighted by Gasteiger charge is 2.61. The Morgan fingerprint density at radius 1 is 0.574 bits per heavy atom. The van der Waals surface area contributed by atoms with Gasteiger partial charge in [-0.15, -0.1) is 0 Å². The number of aliphatic hydroxyl groups is 16. The van der Waals surface area contributed by atoms with Crippen LogP contribution in [-0.2, 0) is 57.0 Å². The maximum atomic E-state index is 12.9. The highest BCUT2D eigenvalue weighted by molar-refractivity contribution is 5.76. The molecule has 5 rings (SSSR count). The van der Waals surface area contributed by atoms with Crippen LogP contribution < -0.4 is 10.6 Å². The molecule has 0 aliphatic carbocycles. The van der Waals surface area contributed by atoms with E-state index in [4.69, 9.17) is 42.6 Å². The summed E-state index contributed by atoms with van der Waals surface area (Å²) in [4.78, 5) is 37.4. The molecule has 31 nitrogen and oxygen atoms in total. The maximum absolute atomic E-state index is 12.9. The Bertz CT molecular complexity index is 1660. The predicted molar refractivity (Wildman–Crippen MR) is 207 cm³/mol. The smallest absolute Gasteiger partial charge is 0.364 e. The molecule has 31 heteroatoms. The molecule has 394 valence electrons. The zero-order chi connectivity index (χ0) is 50.7. The Balaban J connectivity index is 1.40. The Morgan fingerprint density at radius 3 is 1.53 bits per heavy atom. The van der Waals surface area contributed by atoms with E-state index in [0.717, 1.165) is 13.8 Å². The maximum Gasteiger partial charge on any atom is 0.364 e. The molecule has 68 heavy (non-hydrogen) atoms. The average Bonchev–Trinajstić information content (AvgIpc) is 3.29. The number of hydrogen-bond donors (Lipinski definition) is 19. The van der Waals surface area contributed by atoms with Crippen LogP contribution in [0.4, 0.5) is 0 Å². The number of carboxylic acids is 1. The molecule has 0 aromatic heterocycles. The van der Waals surface area contributed by atoms with Crippen LogP contribution in [0.25, 0.3) is 0 Å². The lowest BCUT2D eigenvalue weighted by Gasteiger charge is -2.51. The lowest BCUT2D eigenvalue weighted by molar-refractivity contribution is -0.390. The zero-order valence-electron chi connectivity index (χ0n) is 36.2. The van der Waals surface area contributed by atoms with Crippen LogP contribution in [0.1, 0.15) is 20.3 Å². The predicted octanol–water partition coefficient (Wildman–Crippen LogP) is -12.4. The number of ether oxygens (including phenoxy) is 9. The minimum absolute atomic E-state index is 0.811. The lowest BCUT2D eigenvalue weighted by Crippen LogP contribution is -2.71. The van der Waals surface area contributed by atoms with Gasteiger partial charge in [-0.1, -0.05) is 0 Å². The molecule has 5 saturated heterocycles. The van der Waals surface area contributed by atoms with Gasteiger partial charge in [-0.05, 0) is 0 Å². The molecular weight excluding hydrogens is 936 g/mol. The van der Waals surface area contributed by atoms with Crippen LogP contribution in [0.2, 0.25) is 0 Å². The fourth-order valence-electron chi connectivity index (χ4n) is 8.54. The topological polar surface area (TPSA) is 502 Å². The molecule has 5 fully saturated rings. The summed E-state index contributed by atoms with van der Waals surface area (Å²) in [7, 11) is 0. The van der Waals surface area contributed by atoms with Gasteiger partial charge in [-0.25, -0.2) is 4.79 Å². The summed E-state index contributed by atoms with van der Waals surface area (Å²) in [6.45, 7) is -3.23. The number of hydrogen-bond acceptors (Lipinski definition) is 28. The molecule has 0 aromatic carbocycles. The Labute approximate surface area is 384 Å². The lowest BCUT2D eigenvalue weighted by atomic mass is 9.88. The summed E-state index contributed by atoms with van der Waals surface area (Å²) in [5.41, 5.74) is 0. The number of carbonyl (C=O) groups excluding carboxylic acids is 2. The molecule has 0 saturated carbocycles. The third-order valence-corrected chi connectivity index (χ3v) is 12.1. The summed E-state index contributed by atoms with van der Waals surface area (Å²) in [5.74, 6) is -6.92. The summed E-state index contributed by atoms with van der Waals surface area (Å²) in [5, 5.41) is 185. The quantitative estimate of drug-likeness (QED) is 0.0606. The minimum atomic E-state index is -3.17. The van der Waals surface area contributed by atoms with Crippen LogP contribution in [0.5, 0.6) is 0 Å². The van der Waals surface area contributed by atoms with Gasteiger partial charge in [0, 0.05) is 20.3 Å². The normalized spacial score (nSPS) is 46.6. The van der Waals surface area contributed by atoms with Gasteiger partial charge in [0.05, 0.1) is 45.2 Å². The fraction of sp³-hybridized carbons (Fsp3) is 0.919. The third-order valence-electron chi connectivity index (χ3n) is 12.1. The van der Waals surface area contributed by atoms with E-state index in [1.807, 2.05) is 0 Å². The largest absolute Gasteiger partial charge is 0.477 e. The standard InChI is InChI=1S/C37H62N2O29/c1-9(45)38-17-11(47)3-37(36(58)59,67-29(17)19(49)12(48)4-40)68-31-21(51)14(6-42)62-35(26(31)56)64-27-16(8-44)63-33(18(22(27)52)39-10(2)46)66-30-20(50)13(5-41)61-34(25(30)55)65-28-15(7-43)60-32(57)24(54)23(28)53/h11-35,40-44,47-57H,3-8H2,1-2H3,(H,38,45)(H,39,46)(H,58,59)/t11-,12-,13-,14-,15-,16-,17-,18-,19-,20+,21+,22-,23-,24-,25-,26-,27-,28-,29-,30+,31+,32+,33+,34+,35+,37+/m1/s1. The molecule has 0 spiro atoms. The van der Waals surface area contributed by atoms with Gasteiger partial charge in [0.1, 0.15) is 116 Å². The van der Waals surface area contributed by atoms with E-state index in [0.29, 0.717) is 0 Å². The summed E-state index contributed by atoms with van der Waals surface area (Å²) in [6, 6.07) is -3.47. The van der Waals surface area contributed by atoms with E-state index in [1.165, 1.54) is 0 Å². The van der Waals surface area contributed by atoms with Crippen molar-refractivity contribution in [3.8, 4) is 0 Å². The molecule has 5 aliphatic heterocycles. The highest BCUT2D eigenvalue weighted by Crippen LogP contribution is 2.39. The second kappa shape index (κ2) is 23.8. The van der Waals surface area contributed by atoms with Crippen LogP contribution in [-0.4, -0.2) is 297 Å². The van der Waals surface area contributed by atoms with E-state index in [9.17, 15) is 101 Å². The first-order chi connectivity index (χ1) is 32.0. The van der Waals surface area contributed by atoms with Crippen molar-refractivity contribution >= 4 is 17.8 Å². The molecule has 2 amide bonds. The first-order valence-corrected chi connectivity index (χ1v) is 21.2. The Morgan fingerprint density at radius 2 is 1.03 bits per heavy atom. The van der Waals surface area contributed by atoms with Gasteiger partial charge in [-0.3, -0.25) is 9.59 Å². The van der Waals surface area contributed by atoms with E-state index in [-0.39, 0.29) is 0 Å². The molecule has 26 atom stereocenters. The zero-order valence-corrected chi connectivity index (χ0v) is 36.2. The summed E-state index contributed by atoms with van der Waals surface area (Å²) in [6.07, 6.45) is -47.0. The van der Waals surface area contributed by atoms with E-state index < -0.39 is 216 Å². The number of amides is 2. The van der Waals surface area contributed by atoms with E-state index in [1.54, 1.807) is 0 Å². The minimum Gasteiger partial charge on any atom is -0.477 e. The molecule has 5 heterocycles. The van der Waals surface area contributed by atoms with Crippen molar-refractivity contribution in [2.45, 2.75) is 179 Å². The van der Waals surface area contributed by atoms with Gasteiger partial charge in [-0.2, -0.15) is 0 Å². The van der Waals surface area contributed by atoms with E-state index >= 15 is 0 Å².